The molecule has 0 aliphatic heterocycles. The Morgan fingerprint density at radius 3 is 2.59 bits per heavy atom. The maximum Gasteiger partial charge on any atom is 0.122 e. The zero-order valence-electron chi connectivity index (χ0n) is 13.5. The largest absolute Gasteiger partial charge is 0.496 e. The molecule has 0 amide bonds. The second-order valence-electron chi connectivity index (χ2n) is 5.75. The Morgan fingerprint density at radius 1 is 1.14 bits per heavy atom. The van der Waals surface area contributed by atoms with E-state index in [0.29, 0.717) is 6.04 Å². The number of rotatable bonds is 8. The standard InChI is InChI=1S/C18H25NO2S/c1-13(11-15-7-4-5-8-17(15)21-3)19-14(2)12-16(20)18-9-6-10-22-18/h4-10,13-14,16,19-20H,11-12H2,1-3H3. The molecule has 0 aliphatic rings. The first kappa shape index (κ1) is 17.0. The smallest absolute Gasteiger partial charge is 0.122 e. The lowest BCUT2D eigenvalue weighted by molar-refractivity contribution is 0.155. The molecule has 0 saturated carbocycles. The van der Waals surface area contributed by atoms with Crippen molar-refractivity contribution in [2.75, 3.05) is 7.11 Å². The molecule has 0 bridgehead atoms. The Hall–Kier alpha value is -1.36. The van der Waals surface area contributed by atoms with Crippen LogP contribution < -0.4 is 10.1 Å². The Balaban J connectivity index is 1.84. The number of nitrogens with one attached hydrogen (secondary N) is 1. The Morgan fingerprint density at radius 2 is 1.91 bits per heavy atom. The fourth-order valence-corrected chi connectivity index (χ4v) is 3.47. The molecule has 3 unspecified atom stereocenters. The van der Waals surface area contributed by atoms with Gasteiger partial charge in [0.25, 0.3) is 0 Å². The zero-order valence-corrected chi connectivity index (χ0v) is 14.3. The van der Waals surface area contributed by atoms with Gasteiger partial charge in [-0.1, -0.05) is 24.3 Å². The predicted octanol–water partition coefficient (Wildman–Crippen LogP) is 3.79. The second kappa shape index (κ2) is 8.32. The van der Waals surface area contributed by atoms with Gasteiger partial charge in [-0.15, -0.1) is 11.3 Å². The minimum absolute atomic E-state index is 0.252. The van der Waals surface area contributed by atoms with E-state index in [4.69, 9.17) is 4.74 Å². The van der Waals surface area contributed by atoms with Gasteiger partial charge in [0.05, 0.1) is 13.2 Å². The van der Waals surface area contributed by atoms with Gasteiger partial charge in [-0.2, -0.15) is 0 Å². The molecule has 0 spiro atoms. The number of ether oxygens (including phenoxy) is 1. The van der Waals surface area contributed by atoms with Gasteiger partial charge in [0.2, 0.25) is 0 Å². The Bertz CT molecular complexity index is 556. The molecule has 120 valence electrons. The quantitative estimate of drug-likeness (QED) is 0.778. The molecule has 0 saturated heterocycles. The third-order valence-corrected chi connectivity index (χ3v) is 4.71. The van der Waals surface area contributed by atoms with Gasteiger partial charge in [0, 0.05) is 17.0 Å². The van der Waals surface area contributed by atoms with Crippen molar-refractivity contribution in [3.63, 3.8) is 0 Å². The lowest BCUT2D eigenvalue weighted by Crippen LogP contribution is -2.36. The van der Waals surface area contributed by atoms with Crippen molar-refractivity contribution >= 4 is 11.3 Å². The first-order chi connectivity index (χ1) is 10.6. The Kier molecular flexibility index (Phi) is 6.43. The second-order valence-corrected chi connectivity index (χ2v) is 6.73. The fraction of sp³-hybridized carbons (Fsp3) is 0.444. The lowest BCUT2D eigenvalue weighted by atomic mass is 10.0. The first-order valence-corrected chi connectivity index (χ1v) is 8.57. The van der Waals surface area contributed by atoms with Crippen LogP contribution in [-0.2, 0) is 6.42 Å². The molecule has 1 heterocycles. The van der Waals surface area contributed by atoms with Gasteiger partial charge >= 0.3 is 0 Å². The van der Waals surface area contributed by atoms with Crippen LogP contribution in [0, 0.1) is 0 Å². The van der Waals surface area contributed by atoms with Gasteiger partial charge < -0.3 is 15.2 Å². The SMILES string of the molecule is COc1ccccc1CC(C)NC(C)CC(O)c1cccs1. The van der Waals surface area contributed by atoms with Crippen LogP contribution in [0.5, 0.6) is 5.75 Å². The molecule has 3 atom stereocenters. The van der Waals surface area contributed by atoms with Gasteiger partial charge in [-0.05, 0) is 49.8 Å². The third kappa shape index (κ3) is 4.83. The number of methoxy groups -OCH3 is 1. The highest BCUT2D eigenvalue weighted by Gasteiger charge is 2.16. The highest BCUT2D eigenvalue weighted by Crippen LogP contribution is 2.23. The van der Waals surface area contributed by atoms with Crippen LogP contribution in [0.1, 0.15) is 36.8 Å². The average molecular weight is 319 g/mol. The monoisotopic (exact) mass is 319 g/mol. The summed E-state index contributed by atoms with van der Waals surface area (Å²) < 4.78 is 5.40. The Labute approximate surface area is 137 Å². The molecule has 4 heteroatoms. The number of para-hydroxylation sites is 1. The van der Waals surface area contributed by atoms with E-state index in [0.717, 1.165) is 23.5 Å². The summed E-state index contributed by atoms with van der Waals surface area (Å²) in [5, 5.41) is 15.8. The average Bonchev–Trinajstić information content (AvgIpc) is 3.01. The molecular formula is C18H25NO2S. The lowest BCUT2D eigenvalue weighted by Gasteiger charge is -2.22. The number of aliphatic hydroxyl groups is 1. The molecule has 1 aromatic heterocycles. The summed E-state index contributed by atoms with van der Waals surface area (Å²) in [4.78, 5) is 1.03. The van der Waals surface area contributed by atoms with E-state index in [1.54, 1.807) is 18.4 Å². The van der Waals surface area contributed by atoms with Crippen molar-refractivity contribution < 1.29 is 9.84 Å². The van der Waals surface area contributed by atoms with Crippen molar-refractivity contribution in [3.8, 4) is 5.75 Å². The summed E-state index contributed by atoms with van der Waals surface area (Å²) in [5.41, 5.74) is 1.20. The van der Waals surface area contributed by atoms with Crippen molar-refractivity contribution in [2.45, 2.75) is 44.9 Å². The van der Waals surface area contributed by atoms with E-state index in [-0.39, 0.29) is 12.1 Å². The van der Waals surface area contributed by atoms with Gasteiger partial charge in [0.1, 0.15) is 5.75 Å². The van der Waals surface area contributed by atoms with Gasteiger partial charge in [-0.3, -0.25) is 0 Å². The summed E-state index contributed by atoms with van der Waals surface area (Å²) in [6.45, 7) is 4.29. The highest BCUT2D eigenvalue weighted by atomic mass is 32.1. The maximum atomic E-state index is 10.2. The maximum absolute atomic E-state index is 10.2. The summed E-state index contributed by atoms with van der Waals surface area (Å²) in [6, 6.07) is 12.7. The van der Waals surface area contributed by atoms with E-state index in [1.807, 2.05) is 35.7 Å². The number of hydrogen-bond acceptors (Lipinski definition) is 4. The van der Waals surface area contributed by atoms with E-state index in [9.17, 15) is 5.11 Å². The van der Waals surface area contributed by atoms with Crippen molar-refractivity contribution in [1.29, 1.82) is 0 Å². The zero-order chi connectivity index (χ0) is 15.9. The van der Waals surface area contributed by atoms with E-state index in [2.05, 4.69) is 25.2 Å². The molecule has 0 radical (unpaired) electrons. The van der Waals surface area contributed by atoms with Gasteiger partial charge in [0.15, 0.2) is 0 Å². The highest BCUT2D eigenvalue weighted by molar-refractivity contribution is 7.10. The molecule has 0 fully saturated rings. The normalized spacial score (nSPS) is 15.3. The van der Waals surface area contributed by atoms with Crippen LogP contribution >= 0.6 is 11.3 Å². The van der Waals surface area contributed by atoms with Crippen LogP contribution in [0.2, 0.25) is 0 Å². The van der Waals surface area contributed by atoms with Crippen molar-refractivity contribution in [2.24, 2.45) is 0 Å². The first-order valence-electron chi connectivity index (χ1n) is 7.69. The van der Waals surface area contributed by atoms with Crippen LogP contribution in [0.3, 0.4) is 0 Å². The van der Waals surface area contributed by atoms with Crippen LogP contribution in [0.4, 0.5) is 0 Å². The molecule has 1 aromatic carbocycles. The third-order valence-electron chi connectivity index (χ3n) is 3.74. The van der Waals surface area contributed by atoms with Crippen LogP contribution in [-0.4, -0.2) is 24.3 Å². The molecule has 2 N–H and O–H groups in total. The molecule has 22 heavy (non-hydrogen) atoms. The predicted molar refractivity (Wildman–Crippen MR) is 92.7 cm³/mol. The molecular weight excluding hydrogens is 294 g/mol. The summed E-state index contributed by atoms with van der Waals surface area (Å²) >= 11 is 1.61. The topological polar surface area (TPSA) is 41.5 Å². The number of hydrogen-bond donors (Lipinski definition) is 2. The van der Waals surface area contributed by atoms with E-state index in [1.165, 1.54) is 5.56 Å². The summed E-state index contributed by atoms with van der Waals surface area (Å²) in [6.07, 6.45) is 1.24. The van der Waals surface area contributed by atoms with Gasteiger partial charge in [-0.25, -0.2) is 0 Å². The molecule has 2 aromatic rings. The van der Waals surface area contributed by atoms with Crippen LogP contribution in [0.15, 0.2) is 41.8 Å². The molecule has 0 aliphatic carbocycles. The van der Waals surface area contributed by atoms with Crippen molar-refractivity contribution in [3.05, 3.63) is 52.2 Å². The molecule has 2 rings (SSSR count). The summed E-state index contributed by atoms with van der Waals surface area (Å²) in [5.74, 6) is 0.933. The number of thiophene rings is 1. The molecule has 3 nitrogen and oxygen atoms in total. The van der Waals surface area contributed by atoms with Crippen molar-refractivity contribution in [1.82, 2.24) is 5.32 Å². The van der Waals surface area contributed by atoms with Crippen LogP contribution in [0.25, 0.3) is 0 Å². The number of aliphatic hydroxyl groups excluding tert-OH is 1. The minimum atomic E-state index is -0.388. The minimum Gasteiger partial charge on any atom is -0.496 e. The fourth-order valence-electron chi connectivity index (χ4n) is 2.75. The number of benzene rings is 1. The van der Waals surface area contributed by atoms with E-state index >= 15 is 0 Å². The van der Waals surface area contributed by atoms with E-state index < -0.39 is 0 Å². The summed E-state index contributed by atoms with van der Waals surface area (Å²) in [7, 11) is 1.71.